The molecular formula is C20H23NO7S2. The summed E-state index contributed by atoms with van der Waals surface area (Å²) in [6.07, 6.45) is -0.335. The van der Waals surface area contributed by atoms with Crippen LogP contribution in [0.15, 0.2) is 47.4 Å². The minimum atomic E-state index is -3.78. The minimum absolute atomic E-state index is 0.102. The average Bonchev–Trinajstić information content (AvgIpc) is 3.44. The van der Waals surface area contributed by atoms with E-state index in [0.29, 0.717) is 31.2 Å². The monoisotopic (exact) mass is 453 g/mol. The summed E-state index contributed by atoms with van der Waals surface area (Å²) < 4.78 is 51.6. The van der Waals surface area contributed by atoms with Crippen LogP contribution >= 0.6 is 12.0 Å². The average molecular weight is 454 g/mol. The van der Waals surface area contributed by atoms with Crippen molar-refractivity contribution in [1.82, 2.24) is 4.90 Å². The number of para-hydroxylation sites is 2. The highest BCUT2D eigenvalue weighted by atomic mass is 32.2. The number of methoxy groups -OCH3 is 1. The van der Waals surface area contributed by atoms with Gasteiger partial charge in [-0.15, -0.1) is 0 Å². The molecule has 10 heteroatoms. The first kappa shape index (κ1) is 21.4. The normalized spacial score (nSPS) is 23.6. The third kappa shape index (κ3) is 4.16. The number of benzene rings is 2. The third-order valence-electron chi connectivity index (χ3n) is 5.08. The van der Waals surface area contributed by atoms with Gasteiger partial charge in [-0.25, -0.2) is 9.08 Å². The highest BCUT2D eigenvalue weighted by Gasteiger charge is 2.61. The maximum atomic E-state index is 12.1. The Morgan fingerprint density at radius 1 is 1.20 bits per heavy atom. The molecule has 2 aromatic carbocycles. The number of ether oxygens (including phenoxy) is 3. The van der Waals surface area contributed by atoms with Crippen molar-refractivity contribution in [3.05, 3.63) is 53.6 Å². The Labute approximate surface area is 180 Å². The van der Waals surface area contributed by atoms with E-state index in [2.05, 4.69) is 4.18 Å². The molecule has 0 radical (unpaired) electrons. The molecule has 8 nitrogen and oxygen atoms in total. The van der Waals surface area contributed by atoms with E-state index >= 15 is 0 Å². The van der Waals surface area contributed by atoms with Crippen molar-refractivity contribution < 1.29 is 31.0 Å². The van der Waals surface area contributed by atoms with Crippen LogP contribution in [-0.2, 0) is 23.2 Å². The van der Waals surface area contributed by atoms with Gasteiger partial charge in [0.15, 0.2) is 11.5 Å². The Hall–Kier alpha value is -1.82. The molecule has 2 aromatic rings. The van der Waals surface area contributed by atoms with E-state index in [4.69, 9.17) is 18.4 Å². The summed E-state index contributed by atoms with van der Waals surface area (Å²) in [5, 5.41) is -0.850. The van der Waals surface area contributed by atoms with E-state index in [9.17, 15) is 8.42 Å². The van der Waals surface area contributed by atoms with Crippen LogP contribution in [0.4, 0.5) is 0 Å². The molecule has 1 spiro atoms. The lowest BCUT2D eigenvalue weighted by atomic mass is 10.0. The largest absolute Gasteiger partial charge is 0.493 e. The van der Waals surface area contributed by atoms with Crippen molar-refractivity contribution in [3.63, 3.8) is 0 Å². The molecule has 2 atom stereocenters. The lowest BCUT2D eigenvalue weighted by Gasteiger charge is -2.18. The van der Waals surface area contributed by atoms with Gasteiger partial charge in [0.05, 0.1) is 31.2 Å². The molecule has 2 aliphatic rings. The summed E-state index contributed by atoms with van der Waals surface area (Å²) in [5.74, 6) is 1.34. The topological polar surface area (TPSA) is 86.8 Å². The highest BCUT2D eigenvalue weighted by Crippen LogP contribution is 2.57. The number of nitrogens with zero attached hydrogens (tertiary/aromatic N) is 1. The Morgan fingerprint density at radius 2 is 1.93 bits per heavy atom. The van der Waals surface area contributed by atoms with Crippen LogP contribution in [0.2, 0.25) is 0 Å². The van der Waals surface area contributed by atoms with Crippen molar-refractivity contribution in [2.45, 2.75) is 23.2 Å². The molecule has 0 bridgehead atoms. The fourth-order valence-corrected chi connectivity index (χ4v) is 4.74. The zero-order valence-electron chi connectivity index (χ0n) is 16.9. The van der Waals surface area contributed by atoms with Crippen LogP contribution in [-0.4, -0.2) is 52.5 Å². The summed E-state index contributed by atoms with van der Waals surface area (Å²) in [6, 6.07) is 12.4. The van der Waals surface area contributed by atoms with Crippen LogP contribution in [0.25, 0.3) is 0 Å². The number of hydrogen-bond donors (Lipinski definition) is 0. The van der Waals surface area contributed by atoms with E-state index in [-0.39, 0.29) is 11.0 Å². The summed E-state index contributed by atoms with van der Waals surface area (Å²) in [4.78, 5) is 2.14. The number of hydrogen-bond acceptors (Lipinski definition) is 9. The second-order valence-electron chi connectivity index (χ2n) is 6.88. The van der Waals surface area contributed by atoms with Gasteiger partial charge in [0.2, 0.25) is 0 Å². The minimum Gasteiger partial charge on any atom is -0.493 e. The molecule has 162 valence electrons. The fraction of sp³-hybridized carbons (Fsp3) is 0.400. The zero-order valence-corrected chi connectivity index (χ0v) is 18.5. The van der Waals surface area contributed by atoms with Crippen molar-refractivity contribution in [1.29, 1.82) is 0 Å². The van der Waals surface area contributed by atoms with E-state index in [1.54, 1.807) is 19.2 Å². The highest BCUT2D eigenvalue weighted by molar-refractivity contribution is 8.01. The Morgan fingerprint density at radius 3 is 2.60 bits per heavy atom. The summed E-state index contributed by atoms with van der Waals surface area (Å²) in [5.41, 5.74) is 1.72. The van der Waals surface area contributed by atoms with Gasteiger partial charge < -0.3 is 14.2 Å². The molecule has 0 amide bonds. The molecule has 2 saturated heterocycles. The van der Waals surface area contributed by atoms with Gasteiger partial charge in [0.1, 0.15) is 12.7 Å². The summed E-state index contributed by atoms with van der Waals surface area (Å²) >= 11 is 1.24. The predicted octanol–water partition coefficient (Wildman–Crippen LogP) is 3.08. The lowest BCUT2D eigenvalue weighted by molar-refractivity contribution is -0.0988. The molecular weight excluding hydrogens is 430 g/mol. The van der Waals surface area contributed by atoms with Gasteiger partial charge in [-0.05, 0) is 42.3 Å². The van der Waals surface area contributed by atoms with E-state index in [1.165, 1.54) is 18.1 Å². The molecule has 2 heterocycles. The van der Waals surface area contributed by atoms with E-state index in [0.717, 1.165) is 18.2 Å². The SMILES string of the molecule is COc1ccccc1OCCN1CC(c2cc(S(=O)(=O)OC)ccc2C)O[C@]12OS2. The summed E-state index contributed by atoms with van der Waals surface area (Å²) in [6.45, 7) is 3.44. The van der Waals surface area contributed by atoms with E-state index in [1.807, 2.05) is 36.1 Å². The predicted molar refractivity (Wildman–Crippen MR) is 111 cm³/mol. The second-order valence-corrected chi connectivity index (χ2v) is 9.44. The Balaban J connectivity index is 1.46. The Bertz CT molecular complexity index is 1020. The maximum Gasteiger partial charge on any atom is 0.320 e. The van der Waals surface area contributed by atoms with Gasteiger partial charge in [0, 0.05) is 13.1 Å². The van der Waals surface area contributed by atoms with Crippen molar-refractivity contribution in [2.75, 3.05) is 33.9 Å². The molecule has 0 aromatic heterocycles. The van der Waals surface area contributed by atoms with Gasteiger partial charge >= 0.3 is 5.24 Å². The fourth-order valence-electron chi connectivity index (χ4n) is 3.39. The van der Waals surface area contributed by atoms with E-state index < -0.39 is 15.4 Å². The smallest absolute Gasteiger partial charge is 0.320 e. The lowest BCUT2D eigenvalue weighted by Crippen LogP contribution is -2.35. The van der Waals surface area contributed by atoms with Crippen LogP contribution in [0, 0.1) is 6.92 Å². The molecule has 2 fully saturated rings. The first-order valence-electron chi connectivity index (χ1n) is 9.35. The van der Waals surface area contributed by atoms with Gasteiger partial charge in [-0.2, -0.15) is 8.42 Å². The van der Waals surface area contributed by atoms with Gasteiger partial charge in [-0.1, -0.05) is 18.2 Å². The zero-order chi connectivity index (χ0) is 21.4. The standard InChI is InChI=1S/C20H23NO7S2/c1-14-8-9-15(30(22,23)25-3)12-16(14)19-13-21(20(27-19)28-29-20)10-11-26-18-7-5-4-6-17(18)24-2/h4-9,12,19H,10-11,13H2,1-3H3/t19?,20-/m0/s1. The molecule has 4 rings (SSSR count). The van der Waals surface area contributed by atoms with Crippen LogP contribution in [0.5, 0.6) is 11.5 Å². The second kappa shape index (κ2) is 8.37. The van der Waals surface area contributed by atoms with Crippen molar-refractivity contribution >= 4 is 22.2 Å². The first-order chi connectivity index (χ1) is 14.4. The molecule has 2 aliphatic heterocycles. The summed E-state index contributed by atoms with van der Waals surface area (Å²) in [7, 11) is -1.03. The quantitative estimate of drug-likeness (QED) is 0.340. The molecule has 30 heavy (non-hydrogen) atoms. The molecule has 0 aliphatic carbocycles. The third-order valence-corrected chi connectivity index (χ3v) is 7.16. The van der Waals surface area contributed by atoms with Crippen LogP contribution in [0.1, 0.15) is 17.2 Å². The van der Waals surface area contributed by atoms with Crippen LogP contribution in [0.3, 0.4) is 0 Å². The molecule has 0 saturated carbocycles. The number of aryl methyl sites for hydroxylation is 1. The van der Waals surface area contributed by atoms with Gasteiger partial charge in [-0.3, -0.25) is 4.18 Å². The van der Waals surface area contributed by atoms with Crippen LogP contribution < -0.4 is 9.47 Å². The first-order valence-corrected chi connectivity index (χ1v) is 11.5. The van der Waals surface area contributed by atoms with Crippen molar-refractivity contribution in [3.8, 4) is 11.5 Å². The molecule has 0 N–H and O–H groups in total. The maximum absolute atomic E-state index is 12.1. The Kier molecular flexibility index (Phi) is 5.97. The molecule has 1 unspecified atom stereocenters. The van der Waals surface area contributed by atoms with Crippen molar-refractivity contribution in [2.24, 2.45) is 0 Å². The van der Waals surface area contributed by atoms with Gasteiger partial charge in [0.25, 0.3) is 10.1 Å². The number of rotatable bonds is 8.